The Morgan fingerprint density at radius 2 is 2.25 bits per heavy atom. The Bertz CT molecular complexity index is 496. The van der Waals surface area contributed by atoms with Crippen LogP contribution in [0.2, 0.25) is 0 Å². The number of aromatic nitrogens is 2. The highest BCUT2D eigenvalue weighted by atomic mass is 32.2. The summed E-state index contributed by atoms with van der Waals surface area (Å²) in [5, 5.41) is 3.91. The van der Waals surface area contributed by atoms with Gasteiger partial charge < -0.3 is 10.3 Å². The molecule has 0 aliphatic heterocycles. The summed E-state index contributed by atoms with van der Waals surface area (Å²) >= 11 is 1.66. The lowest BCUT2D eigenvalue weighted by molar-refractivity contribution is 0.425. The molecule has 0 aliphatic carbocycles. The molecule has 0 amide bonds. The molecule has 1 heterocycles. The van der Waals surface area contributed by atoms with Crippen LogP contribution in [0.25, 0.3) is 11.5 Å². The summed E-state index contributed by atoms with van der Waals surface area (Å²) in [7, 11) is 0. The van der Waals surface area contributed by atoms with E-state index >= 15 is 0 Å². The van der Waals surface area contributed by atoms with E-state index in [-0.39, 0.29) is 0 Å². The average Bonchev–Trinajstić information content (AvgIpc) is 2.67. The molecular formula is C11H13N3OS. The number of nitrogens with two attached hydrogens (primary N) is 1. The number of nitrogen functional groups attached to an aromatic ring is 1. The number of aryl methyl sites for hydroxylation is 1. The summed E-state index contributed by atoms with van der Waals surface area (Å²) < 4.78 is 5.21. The van der Waals surface area contributed by atoms with Crippen molar-refractivity contribution in [1.29, 1.82) is 0 Å². The van der Waals surface area contributed by atoms with Gasteiger partial charge in [0.25, 0.3) is 5.89 Å². The summed E-state index contributed by atoms with van der Waals surface area (Å²) in [6.45, 7) is 1.98. The third kappa shape index (κ3) is 2.19. The second-order valence-electron chi connectivity index (χ2n) is 3.52. The van der Waals surface area contributed by atoms with Crippen LogP contribution in [0, 0.1) is 6.92 Å². The topological polar surface area (TPSA) is 64.9 Å². The lowest BCUT2D eigenvalue weighted by Crippen LogP contribution is -1.89. The second-order valence-corrected chi connectivity index (χ2v) is 4.39. The number of hydrogen-bond acceptors (Lipinski definition) is 5. The van der Waals surface area contributed by atoms with Gasteiger partial charge in [-0.05, 0) is 36.9 Å². The molecule has 0 fully saturated rings. The highest BCUT2D eigenvalue weighted by Gasteiger charge is 2.10. The summed E-state index contributed by atoms with van der Waals surface area (Å²) in [6.07, 6.45) is 2.00. The van der Waals surface area contributed by atoms with Crippen LogP contribution in [-0.4, -0.2) is 16.4 Å². The van der Waals surface area contributed by atoms with Crippen molar-refractivity contribution < 1.29 is 4.52 Å². The molecule has 0 atom stereocenters. The first kappa shape index (κ1) is 11.0. The normalized spacial score (nSPS) is 10.6. The van der Waals surface area contributed by atoms with Crippen molar-refractivity contribution in [2.75, 3.05) is 12.0 Å². The van der Waals surface area contributed by atoms with E-state index in [1.165, 1.54) is 0 Å². The van der Waals surface area contributed by atoms with Crippen molar-refractivity contribution in [3.05, 3.63) is 29.6 Å². The molecule has 0 unspecified atom stereocenters. The number of hydrogen-bond donors (Lipinski definition) is 1. The zero-order valence-corrected chi connectivity index (χ0v) is 10.0. The number of anilines is 1. The highest BCUT2D eigenvalue weighted by Crippen LogP contribution is 2.23. The van der Waals surface area contributed by atoms with E-state index in [0.717, 1.165) is 28.4 Å². The SMILES string of the molecule is CSCc1noc(-c2ccc(N)cc2C)n1. The van der Waals surface area contributed by atoms with Gasteiger partial charge in [0.2, 0.25) is 0 Å². The lowest BCUT2D eigenvalue weighted by atomic mass is 10.1. The number of benzene rings is 1. The fourth-order valence-corrected chi connectivity index (χ4v) is 1.85. The van der Waals surface area contributed by atoms with Gasteiger partial charge in [-0.3, -0.25) is 0 Å². The van der Waals surface area contributed by atoms with E-state index in [1.807, 2.05) is 31.4 Å². The molecule has 0 bridgehead atoms. The maximum atomic E-state index is 5.69. The molecule has 1 aromatic carbocycles. The van der Waals surface area contributed by atoms with Crippen LogP contribution < -0.4 is 5.73 Å². The van der Waals surface area contributed by atoms with E-state index in [1.54, 1.807) is 11.8 Å². The van der Waals surface area contributed by atoms with Crippen molar-refractivity contribution in [2.45, 2.75) is 12.7 Å². The third-order valence-electron chi connectivity index (χ3n) is 2.22. The standard InChI is InChI=1S/C11H13N3OS/c1-7-5-8(12)3-4-9(7)11-13-10(6-16-2)14-15-11/h3-5H,6,12H2,1-2H3. The smallest absolute Gasteiger partial charge is 0.258 e. The van der Waals surface area contributed by atoms with Crippen LogP contribution in [0.15, 0.2) is 22.7 Å². The Hall–Kier alpha value is -1.49. The van der Waals surface area contributed by atoms with Gasteiger partial charge in [0, 0.05) is 11.3 Å². The Morgan fingerprint density at radius 3 is 2.94 bits per heavy atom. The number of rotatable bonds is 3. The Balaban J connectivity index is 2.35. The predicted octanol–water partition coefficient (Wildman–Crippen LogP) is 2.49. The van der Waals surface area contributed by atoms with Crippen LogP contribution in [0.3, 0.4) is 0 Å². The van der Waals surface area contributed by atoms with Crippen LogP contribution in [0.5, 0.6) is 0 Å². The monoisotopic (exact) mass is 235 g/mol. The van der Waals surface area contributed by atoms with Gasteiger partial charge in [0.05, 0.1) is 5.75 Å². The predicted molar refractivity (Wildman–Crippen MR) is 66.1 cm³/mol. The first-order valence-corrected chi connectivity index (χ1v) is 6.28. The first-order chi connectivity index (χ1) is 7.70. The zero-order valence-electron chi connectivity index (χ0n) is 9.23. The van der Waals surface area contributed by atoms with Gasteiger partial charge in [-0.25, -0.2) is 0 Å². The summed E-state index contributed by atoms with van der Waals surface area (Å²) in [6, 6.07) is 5.63. The minimum atomic E-state index is 0.557. The number of thioether (sulfide) groups is 1. The molecular weight excluding hydrogens is 222 g/mol. The van der Waals surface area contributed by atoms with Crippen molar-refractivity contribution in [2.24, 2.45) is 0 Å². The van der Waals surface area contributed by atoms with Crippen LogP contribution in [0.1, 0.15) is 11.4 Å². The highest BCUT2D eigenvalue weighted by molar-refractivity contribution is 7.97. The summed E-state index contributed by atoms with van der Waals surface area (Å²) in [4.78, 5) is 4.32. The van der Waals surface area contributed by atoms with Crippen molar-refractivity contribution in [3.63, 3.8) is 0 Å². The molecule has 0 spiro atoms. The quantitative estimate of drug-likeness (QED) is 0.828. The van der Waals surface area contributed by atoms with Crippen LogP contribution >= 0.6 is 11.8 Å². The molecule has 0 radical (unpaired) electrons. The molecule has 1 aromatic heterocycles. The summed E-state index contributed by atoms with van der Waals surface area (Å²) in [5.74, 6) is 2.04. The molecule has 0 saturated carbocycles. The molecule has 2 rings (SSSR count). The Labute approximate surface area is 98.2 Å². The van der Waals surface area contributed by atoms with Gasteiger partial charge in [0.15, 0.2) is 5.82 Å². The van der Waals surface area contributed by atoms with Crippen molar-refractivity contribution >= 4 is 17.4 Å². The molecule has 0 saturated heterocycles. The Morgan fingerprint density at radius 1 is 1.44 bits per heavy atom. The second kappa shape index (κ2) is 4.57. The third-order valence-corrected chi connectivity index (χ3v) is 2.77. The minimum Gasteiger partial charge on any atom is -0.399 e. The van der Waals surface area contributed by atoms with Gasteiger partial charge in [-0.15, -0.1) is 0 Å². The van der Waals surface area contributed by atoms with Gasteiger partial charge in [0.1, 0.15) is 0 Å². The van der Waals surface area contributed by atoms with Gasteiger partial charge >= 0.3 is 0 Å². The van der Waals surface area contributed by atoms with E-state index in [4.69, 9.17) is 10.3 Å². The van der Waals surface area contributed by atoms with E-state index in [2.05, 4.69) is 10.1 Å². The van der Waals surface area contributed by atoms with Crippen molar-refractivity contribution in [1.82, 2.24) is 10.1 Å². The van der Waals surface area contributed by atoms with Crippen LogP contribution in [0.4, 0.5) is 5.69 Å². The van der Waals surface area contributed by atoms with Gasteiger partial charge in [-0.1, -0.05) is 5.16 Å². The maximum absolute atomic E-state index is 5.69. The first-order valence-electron chi connectivity index (χ1n) is 4.88. The molecule has 2 N–H and O–H groups in total. The zero-order chi connectivity index (χ0) is 11.5. The average molecular weight is 235 g/mol. The maximum Gasteiger partial charge on any atom is 0.258 e. The van der Waals surface area contributed by atoms with E-state index < -0.39 is 0 Å². The van der Waals surface area contributed by atoms with Gasteiger partial charge in [-0.2, -0.15) is 16.7 Å². The van der Waals surface area contributed by atoms with Crippen molar-refractivity contribution in [3.8, 4) is 11.5 Å². The molecule has 84 valence electrons. The number of nitrogens with zero attached hydrogens (tertiary/aromatic N) is 2. The molecule has 2 aromatic rings. The molecule has 4 nitrogen and oxygen atoms in total. The van der Waals surface area contributed by atoms with Crippen LogP contribution in [-0.2, 0) is 5.75 Å². The van der Waals surface area contributed by atoms with E-state index in [0.29, 0.717) is 5.89 Å². The fourth-order valence-electron chi connectivity index (χ4n) is 1.48. The summed E-state index contributed by atoms with van der Waals surface area (Å²) in [5.41, 5.74) is 8.41. The molecule has 16 heavy (non-hydrogen) atoms. The van der Waals surface area contributed by atoms with E-state index in [9.17, 15) is 0 Å². The minimum absolute atomic E-state index is 0.557. The largest absolute Gasteiger partial charge is 0.399 e. The molecule has 5 heteroatoms. The fraction of sp³-hybridized carbons (Fsp3) is 0.273. The Kier molecular flexibility index (Phi) is 3.14. The molecule has 0 aliphatic rings. The lowest BCUT2D eigenvalue weighted by Gasteiger charge is -2.00.